The van der Waals surface area contributed by atoms with Crippen LogP contribution in [0.1, 0.15) is 35.5 Å². The number of hydrogen-bond acceptors (Lipinski definition) is 3. The standard InChI is InChI=1S/C16H21NOS/c1-3-15(17)16(14-9-5-4-7-12(14)2)18-11-13-8-6-10-19-13/h4-10,15-16H,3,11,17H2,1-2H3. The Morgan fingerprint density at radius 2 is 2.00 bits per heavy atom. The van der Waals surface area contributed by atoms with E-state index < -0.39 is 0 Å². The van der Waals surface area contributed by atoms with Crippen LogP contribution < -0.4 is 5.73 Å². The second-order valence-electron chi connectivity index (χ2n) is 4.74. The highest BCUT2D eigenvalue weighted by molar-refractivity contribution is 7.09. The van der Waals surface area contributed by atoms with Crippen LogP contribution in [0.2, 0.25) is 0 Å². The molecule has 0 aliphatic heterocycles. The molecule has 1 aromatic heterocycles. The molecule has 0 fully saturated rings. The average molecular weight is 275 g/mol. The molecule has 1 aromatic carbocycles. The maximum atomic E-state index is 6.24. The van der Waals surface area contributed by atoms with Crippen LogP contribution in [0.15, 0.2) is 41.8 Å². The molecule has 2 rings (SSSR count). The fourth-order valence-electron chi connectivity index (χ4n) is 2.13. The monoisotopic (exact) mass is 275 g/mol. The minimum atomic E-state index is -0.0340. The van der Waals surface area contributed by atoms with E-state index in [-0.39, 0.29) is 12.1 Å². The largest absolute Gasteiger partial charge is 0.366 e. The predicted octanol–water partition coefficient (Wildman–Crippen LogP) is 4.05. The van der Waals surface area contributed by atoms with E-state index in [1.807, 2.05) is 18.2 Å². The highest BCUT2D eigenvalue weighted by atomic mass is 32.1. The van der Waals surface area contributed by atoms with Crippen molar-refractivity contribution in [3.05, 3.63) is 57.8 Å². The summed E-state index contributed by atoms with van der Waals surface area (Å²) >= 11 is 1.72. The van der Waals surface area contributed by atoms with Crippen molar-refractivity contribution in [2.75, 3.05) is 0 Å². The molecular formula is C16H21NOS. The zero-order valence-electron chi connectivity index (χ0n) is 11.5. The first-order valence-corrected chi connectivity index (χ1v) is 7.55. The molecule has 0 aliphatic carbocycles. The molecule has 0 saturated heterocycles. The molecule has 2 nitrogen and oxygen atoms in total. The minimum Gasteiger partial charge on any atom is -0.366 e. The SMILES string of the molecule is CCC(N)C(OCc1cccs1)c1ccccc1C. The van der Waals surface area contributed by atoms with Crippen LogP contribution >= 0.6 is 11.3 Å². The fourth-order valence-corrected chi connectivity index (χ4v) is 2.76. The molecule has 0 radical (unpaired) electrons. The second-order valence-corrected chi connectivity index (χ2v) is 5.77. The maximum Gasteiger partial charge on any atom is 0.0983 e. The van der Waals surface area contributed by atoms with Crippen molar-refractivity contribution in [2.24, 2.45) is 5.73 Å². The third kappa shape index (κ3) is 3.66. The molecule has 0 bridgehead atoms. The molecule has 0 spiro atoms. The van der Waals surface area contributed by atoms with E-state index in [1.54, 1.807) is 11.3 Å². The summed E-state index contributed by atoms with van der Waals surface area (Å²) in [7, 11) is 0. The quantitative estimate of drug-likeness (QED) is 0.863. The summed E-state index contributed by atoms with van der Waals surface area (Å²) in [6.07, 6.45) is 0.872. The Kier molecular flexibility index (Phi) is 5.14. The Bertz CT molecular complexity index is 495. The van der Waals surface area contributed by atoms with Gasteiger partial charge in [0.1, 0.15) is 0 Å². The van der Waals surface area contributed by atoms with Gasteiger partial charge in [-0.05, 0) is 35.9 Å². The van der Waals surface area contributed by atoms with Gasteiger partial charge in [0.05, 0.1) is 12.7 Å². The minimum absolute atomic E-state index is 0.0288. The van der Waals surface area contributed by atoms with E-state index in [0.717, 1.165) is 6.42 Å². The van der Waals surface area contributed by atoms with Crippen molar-refractivity contribution < 1.29 is 4.74 Å². The summed E-state index contributed by atoms with van der Waals surface area (Å²) in [6.45, 7) is 4.84. The van der Waals surface area contributed by atoms with Crippen molar-refractivity contribution in [3.8, 4) is 0 Å². The van der Waals surface area contributed by atoms with Gasteiger partial charge in [-0.15, -0.1) is 11.3 Å². The lowest BCUT2D eigenvalue weighted by Gasteiger charge is -2.25. The van der Waals surface area contributed by atoms with E-state index in [0.29, 0.717) is 6.61 Å². The number of aryl methyl sites for hydroxylation is 1. The van der Waals surface area contributed by atoms with Gasteiger partial charge in [0.25, 0.3) is 0 Å². The van der Waals surface area contributed by atoms with Crippen LogP contribution in [0.5, 0.6) is 0 Å². The number of hydrogen-bond donors (Lipinski definition) is 1. The zero-order chi connectivity index (χ0) is 13.7. The van der Waals surface area contributed by atoms with Crippen molar-refractivity contribution in [3.63, 3.8) is 0 Å². The zero-order valence-corrected chi connectivity index (χ0v) is 12.3. The number of thiophene rings is 1. The molecule has 2 aromatic rings. The maximum absolute atomic E-state index is 6.24. The molecule has 2 N–H and O–H groups in total. The Labute approximate surface area is 119 Å². The lowest BCUT2D eigenvalue weighted by Crippen LogP contribution is -2.30. The lowest BCUT2D eigenvalue weighted by molar-refractivity contribution is 0.0223. The van der Waals surface area contributed by atoms with Crippen LogP contribution in [0.3, 0.4) is 0 Å². The van der Waals surface area contributed by atoms with E-state index in [1.165, 1.54) is 16.0 Å². The van der Waals surface area contributed by atoms with Crippen LogP contribution in [-0.4, -0.2) is 6.04 Å². The molecule has 1 heterocycles. The van der Waals surface area contributed by atoms with E-state index in [4.69, 9.17) is 10.5 Å². The first-order chi connectivity index (χ1) is 9.22. The predicted molar refractivity (Wildman–Crippen MR) is 81.3 cm³/mol. The van der Waals surface area contributed by atoms with Gasteiger partial charge >= 0.3 is 0 Å². The van der Waals surface area contributed by atoms with Crippen molar-refractivity contribution in [1.29, 1.82) is 0 Å². The summed E-state index contributed by atoms with van der Waals surface area (Å²) < 4.78 is 6.09. The number of rotatable bonds is 6. The highest BCUT2D eigenvalue weighted by Crippen LogP contribution is 2.26. The third-order valence-corrected chi connectivity index (χ3v) is 4.19. The van der Waals surface area contributed by atoms with Crippen LogP contribution in [0.4, 0.5) is 0 Å². The van der Waals surface area contributed by atoms with E-state index in [9.17, 15) is 0 Å². The van der Waals surface area contributed by atoms with Gasteiger partial charge in [0, 0.05) is 10.9 Å². The summed E-state index contributed by atoms with van der Waals surface area (Å²) in [6, 6.07) is 12.5. The topological polar surface area (TPSA) is 35.2 Å². The summed E-state index contributed by atoms with van der Waals surface area (Å²) in [5.74, 6) is 0. The third-order valence-electron chi connectivity index (χ3n) is 3.34. The van der Waals surface area contributed by atoms with Crippen molar-refractivity contribution in [1.82, 2.24) is 0 Å². The fraction of sp³-hybridized carbons (Fsp3) is 0.375. The number of ether oxygens (including phenoxy) is 1. The molecular weight excluding hydrogens is 254 g/mol. The van der Waals surface area contributed by atoms with Gasteiger partial charge in [-0.2, -0.15) is 0 Å². The Morgan fingerprint density at radius 3 is 2.63 bits per heavy atom. The number of benzene rings is 1. The van der Waals surface area contributed by atoms with Gasteiger partial charge in [-0.1, -0.05) is 37.3 Å². The molecule has 19 heavy (non-hydrogen) atoms. The molecule has 0 aliphatic rings. The molecule has 2 unspecified atom stereocenters. The Morgan fingerprint density at radius 1 is 1.21 bits per heavy atom. The van der Waals surface area contributed by atoms with E-state index in [2.05, 4.69) is 37.4 Å². The summed E-state index contributed by atoms with van der Waals surface area (Å²) in [5, 5.41) is 2.07. The molecule has 3 heteroatoms. The Hall–Kier alpha value is -1.16. The Balaban J connectivity index is 2.14. The average Bonchev–Trinajstić information content (AvgIpc) is 2.93. The summed E-state index contributed by atoms with van der Waals surface area (Å²) in [5.41, 5.74) is 8.68. The highest BCUT2D eigenvalue weighted by Gasteiger charge is 2.20. The second kappa shape index (κ2) is 6.85. The van der Waals surface area contributed by atoms with Crippen molar-refractivity contribution >= 4 is 11.3 Å². The molecule has 0 saturated carbocycles. The number of nitrogens with two attached hydrogens (primary N) is 1. The first kappa shape index (κ1) is 14.3. The summed E-state index contributed by atoms with van der Waals surface area (Å²) in [4.78, 5) is 1.24. The van der Waals surface area contributed by atoms with Crippen molar-refractivity contribution in [2.45, 2.75) is 39.0 Å². The van der Waals surface area contributed by atoms with Gasteiger partial charge in [0.15, 0.2) is 0 Å². The smallest absolute Gasteiger partial charge is 0.0983 e. The molecule has 102 valence electrons. The first-order valence-electron chi connectivity index (χ1n) is 6.67. The lowest BCUT2D eigenvalue weighted by atomic mass is 9.97. The molecule has 2 atom stereocenters. The normalized spacial score (nSPS) is 14.3. The van der Waals surface area contributed by atoms with E-state index >= 15 is 0 Å². The van der Waals surface area contributed by atoms with Crippen LogP contribution in [-0.2, 0) is 11.3 Å². The van der Waals surface area contributed by atoms with Crippen LogP contribution in [0, 0.1) is 6.92 Å². The van der Waals surface area contributed by atoms with Crippen LogP contribution in [0.25, 0.3) is 0 Å². The van der Waals surface area contributed by atoms with Gasteiger partial charge < -0.3 is 10.5 Å². The van der Waals surface area contributed by atoms with Gasteiger partial charge in [-0.3, -0.25) is 0 Å². The van der Waals surface area contributed by atoms with Gasteiger partial charge in [-0.25, -0.2) is 0 Å². The van der Waals surface area contributed by atoms with Gasteiger partial charge in [0.2, 0.25) is 0 Å². The molecule has 0 amide bonds.